The Labute approximate surface area is 112 Å². The molecule has 6 nitrogen and oxygen atoms in total. The molecule has 0 atom stereocenters. The van der Waals surface area contributed by atoms with Crippen molar-refractivity contribution in [1.82, 2.24) is 0 Å². The highest BCUT2D eigenvalue weighted by atomic mass is 16.6. The second-order valence-electron chi connectivity index (χ2n) is 4.15. The first-order chi connectivity index (χ1) is 8.99. The zero-order chi connectivity index (χ0) is 14.4. The summed E-state index contributed by atoms with van der Waals surface area (Å²) in [7, 11) is 1.48. The second-order valence-corrected chi connectivity index (χ2v) is 4.15. The zero-order valence-electron chi connectivity index (χ0n) is 11.1. The molecule has 6 heteroatoms. The summed E-state index contributed by atoms with van der Waals surface area (Å²) in [6.07, 6.45) is 0.676. The molecular weight excluding hydrogens is 248 g/mol. The molecule has 0 saturated heterocycles. The normalized spacial score (nSPS) is 10.1. The lowest BCUT2D eigenvalue weighted by molar-refractivity contribution is -0.385. The molecule has 0 aliphatic rings. The van der Waals surface area contributed by atoms with Crippen LogP contribution in [0.3, 0.4) is 0 Å². The molecule has 0 radical (unpaired) electrons. The number of methoxy groups -OCH3 is 1. The molecule has 1 aromatic rings. The molecule has 2 N–H and O–H groups in total. The van der Waals surface area contributed by atoms with Crippen molar-refractivity contribution in [2.75, 3.05) is 13.7 Å². The SMILES string of the molecule is C=C(C)CCOc1cc([N+](=O)[O-])c(CN)cc1OC. The molecule has 0 fully saturated rings. The average molecular weight is 266 g/mol. The first-order valence-corrected chi connectivity index (χ1v) is 5.82. The maximum Gasteiger partial charge on any atom is 0.277 e. The van der Waals surface area contributed by atoms with Crippen molar-refractivity contribution in [1.29, 1.82) is 0 Å². The lowest BCUT2D eigenvalue weighted by atomic mass is 10.1. The van der Waals surface area contributed by atoms with E-state index in [1.165, 1.54) is 19.2 Å². The maximum atomic E-state index is 11.0. The zero-order valence-corrected chi connectivity index (χ0v) is 11.1. The molecule has 104 valence electrons. The van der Waals surface area contributed by atoms with Crippen molar-refractivity contribution in [3.8, 4) is 11.5 Å². The predicted octanol–water partition coefficient (Wildman–Crippen LogP) is 2.41. The number of hydrogen-bond acceptors (Lipinski definition) is 5. The van der Waals surface area contributed by atoms with E-state index in [-0.39, 0.29) is 12.2 Å². The Kier molecular flexibility index (Phi) is 5.32. The second kappa shape index (κ2) is 6.75. The van der Waals surface area contributed by atoms with Gasteiger partial charge in [0.25, 0.3) is 5.69 Å². The van der Waals surface area contributed by atoms with Crippen LogP contribution in [0.2, 0.25) is 0 Å². The van der Waals surface area contributed by atoms with Crippen molar-refractivity contribution in [3.63, 3.8) is 0 Å². The van der Waals surface area contributed by atoms with E-state index in [2.05, 4.69) is 6.58 Å². The van der Waals surface area contributed by atoms with E-state index in [0.29, 0.717) is 30.1 Å². The minimum absolute atomic E-state index is 0.0615. The summed E-state index contributed by atoms with van der Waals surface area (Å²) in [5.74, 6) is 0.778. The van der Waals surface area contributed by atoms with Crippen LogP contribution in [0.5, 0.6) is 11.5 Å². The largest absolute Gasteiger partial charge is 0.493 e. The van der Waals surface area contributed by atoms with Crippen LogP contribution in [-0.4, -0.2) is 18.6 Å². The molecule has 0 spiro atoms. The lowest BCUT2D eigenvalue weighted by Crippen LogP contribution is -2.05. The molecule has 1 aromatic carbocycles. The Hall–Kier alpha value is -2.08. The molecule has 1 rings (SSSR count). The molecule has 0 aromatic heterocycles. The van der Waals surface area contributed by atoms with Gasteiger partial charge in [0, 0.05) is 18.5 Å². The number of rotatable bonds is 7. The minimum Gasteiger partial charge on any atom is -0.493 e. The van der Waals surface area contributed by atoms with Crippen molar-refractivity contribution in [3.05, 3.63) is 40.0 Å². The van der Waals surface area contributed by atoms with Gasteiger partial charge >= 0.3 is 0 Å². The summed E-state index contributed by atoms with van der Waals surface area (Å²) in [4.78, 5) is 10.5. The number of hydrogen-bond donors (Lipinski definition) is 1. The Morgan fingerprint density at radius 3 is 2.63 bits per heavy atom. The molecule has 0 amide bonds. The number of nitro groups is 1. The topological polar surface area (TPSA) is 87.6 Å². The molecular formula is C13H18N2O4. The van der Waals surface area contributed by atoms with E-state index in [0.717, 1.165) is 5.57 Å². The Morgan fingerprint density at radius 1 is 1.47 bits per heavy atom. The molecule has 0 unspecified atom stereocenters. The molecule has 0 bridgehead atoms. The summed E-state index contributed by atoms with van der Waals surface area (Å²) < 4.78 is 10.7. The van der Waals surface area contributed by atoms with E-state index in [9.17, 15) is 10.1 Å². The minimum atomic E-state index is -0.479. The maximum absolute atomic E-state index is 11.0. The van der Waals surface area contributed by atoms with E-state index >= 15 is 0 Å². The predicted molar refractivity (Wildman–Crippen MR) is 72.5 cm³/mol. The third-order valence-electron chi connectivity index (χ3n) is 2.57. The molecule has 0 heterocycles. The van der Waals surface area contributed by atoms with Gasteiger partial charge < -0.3 is 15.2 Å². The Morgan fingerprint density at radius 2 is 2.16 bits per heavy atom. The van der Waals surface area contributed by atoms with Crippen LogP contribution in [0.15, 0.2) is 24.3 Å². The van der Waals surface area contributed by atoms with Gasteiger partial charge in [0.15, 0.2) is 11.5 Å². The van der Waals surface area contributed by atoms with Crippen molar-refractivity contribution >= 4 is 5.69 Å². The standard InChI is InChI=1S/C13H18N2O4/c1-9(2)4-5-19-13-7-11(15(16)17)10(8-14)6-12(13)18-3/h6-7H,1,4-5,8,14H2,2-3H3. The van der Waals surface area contributed by atoms with Crippen LogP contribution in [0.4, 0.5) is 5.69 Å². The summed E-state index contributed by atoms with van der Waals surface area (Å²) in [6.45, 7) is 6.12. The third kappa shape index (κ3) is 3.96. The quantitative estimate of drug-likeness (QED) is 0.465. The van der Waals surface area contributed by atoms with Crippen molar-refractivity contribution in [2.45, 2.75) is 19.9 Å². The lowest BCUT2D eigenvalue weighted by Gasteiger charge is -2.12. The highest BCUT2D eigenvalue weighted by molar-refractivity contribution is 5.54. The fraction of sp³-hybridized carbons (Fsp3) is 0.385. The highest BCUT2D eigenvalue weighted by Crippen LogP contribution is 2.34. The third-order valence-corrected chi connectivity index (χ3v) is 2.57. The van der Waals surface area contributed by atoms with Gasteiger partial charge in [-0.2, -0.15) is 0 Å². The fourth-order valence-electron chi connectivity index (χ4n) is 1.53. The van der Waals surface area contributed by atoms with Crippen molar-refractivity contribution in [2.24, 2.45) is 5.73 Å². The molecule has 19 heavy (non-hydrogen) atoms. The van der Waals surface area contributed by atoms with E-state index in [4.69, 9.17) is 15.2 Å². The van der Waals surface area contributed by atoms with Gasteiger partial charge in [0.1, 0.15) is 0 Å². The van der Waals surface area contributed by atoms with Gasteiger partial charge in [-0.15, -0.1) is 6.58 Å². The number of benzene rings is 1. The van der Waals surface area contributed by atoms with Crippen LogP contribution < -0.4 is 15.2 Å². The van der Waals surface area contributed by atoms with Crippen LogP contribution in [0.1, 0.15) is 18.9 Å². The molecule has 0 aliphatic heterocycles. The smallest absolute Gasteiger partial charge is 0.277 e. The van der Waals surface area contributed by atoms with E-state index < -0.39 is 4.92 Å². The monoisotopic (exact) mass is 266 g/mol. The van der Waals surface area contributed by atoms with Crippen LogP contribution in [0.25, 0.3) is 0 Å². The van der Waals surface area contributed by atoms with Gasteiger partial charge in [-0.3, -0.25) is 10.1 Å². The van der Waals surface area contributed by atoms with Gasteiger partial charge in [0.2, 0.25) is 0 Å². The molecule has 0 saturated carbocycles. The van der Waals surface area contributed by atoms with Crippen LogP contribution in [-0.2, 0) is 6.54 Å². The van der Waals surface area contributed by atoms with E-state index in [1.54, 1.807) is 0 Å². The number of ether oxygens (including phenoxy) is 2. The summed E-state index contributed by atoms with van der Waals surface area (Å²) in [5.41, 5.74) is 6.82. The Balaban J connectivity index is 3.04. The first-order valence-electron chi connectivity index (χ1n) is 5.82. The van der Waals surface area contributed by atoms with E-state index in [1.807, 2.05) is 6.92 Å². The van der Waals surface area contributed by atoms with Gasteiger partial charge in [-0.1, -0.05) is 5.57 Å². The van der Waals surface area contributed by atoms with Gasteiger partial charge in [-0.05, 0) is 13.0 Å². The summed E-state index contributed by atoms with van der Waals surface area (Å²) in [5, 5.41) is 11.0. The average Bonchev–Trinajstić information content (AvgIpc) is 2.37. The molecule has 0 aliphatic carbocycles. The first kappa shape index (κ1) is 15.0. The van der Waals surface area contributed by atoms with Gasteiger partial charge in [0.05, 0.1) is 24.7 Å². The van der Waals surface area contributed by atoms with Crippen LogP contribution in [0, 0.1) is 10.1 Å². The van der Waals surface area contributed by atoms with Crippen molar-refractivity contribution < 1.29 is 14.4 Å². The number of nitro benzene ring substituents is 1. The summed E-state index contributed by atoms with van der Waals surface area (Å²) >= 11 is 0. The van der Waals surface area contributed by atoms with Gasteiger partial charge in [-0.25, -0.2) is 0 Å². The summed E-state index contributed by atoms with van der Waals surface area (Å²) in [6, 6.07) is 2.88. The highest BCUT2D eigenvalue weighted by Gasteiger charge is 2.18. The number of nitrogens with zero attached hydrogens (tertiary/aromatic N) is 1. The number of nitrogens with two attached hydrogens (primary N) is 1. The Bertz CT molecular complexity index is 486. The van der Waals surface area contributed by atoms with Crippen LogP contribution >= 0.6 is 0 Å². The fourth-order valence-corrected chi connectivity index (χ4v) is 1.53.